The maximum absolute atomic E-state index is 12.1. The highest BCUT2D eigenvalue weighted by atomic mass is 79.9. The van der Waals surface area contributed by atoms with Gasteiger partial charge in [-0.25, -0.2) is 5.43 Å². The third-order valence-corrected chi connectivity index (χ3v) is 4.10. The summed E-state index contributed by atoms with van der Waals surface area (Å²) in [5.41, 5.74) is 3.47. The predicted molar refractivity (Wildman–Crippen MR) is 111 cm³/mol. The quantitative estimate of drug-likeness (QED) is 0.352. The standard InChI is InChI=1S/C20H20BrN3O4/c1-3-10-28-18-9-8-14(11-16(18)21)12-23-24-19(25)13-22-20(26)15-6-4-5-7-17(15)27-2/h3-9,11-12H,1,10,13H2,2H3,(H,22,26)(H,24,25). The van der Waals surface area contributed by atoms with E-state index in [1.807, 2.05) is 0 Å². The van der Waals surface area contributed by atoms with Crippen LogP contribution in [-0.2, 0) is 4.79 Å². The van der Waals surface area contributed by atoms with Crippen molar-refractivity contribution < 1.29 is 19.1 Å². The molecule has 2 aromatic carbocycles. The number of benzene rings is 2. The summed E-state index contributed by atoms with van der Waals surface area (Å²) in [6.07, 6.45) is 3.14. The van der Waals surface area contributed by atoms with Gasteiger partial charge in [0, 0.05) is 0 Å². The van der Waals surface area contributed by atoms with E-state index in [1.165, 1.54) is 13.3 Å². The summed E-state index contributed by atoms with van der Waals surface area (Å²) >= 11 is 3.41. The molecule has 0 spiro atoms. The van der Waals surface area contributed by atoms with E-state index in [2.05, 4.69) is 38.4 Å². The number of hydrogen-bond acceptors (Lipinski definition) is 5. The minimum atomic E-state index is -0.454. The van der Waals surface area contributed by atoms with Crippen LogP contribution in [-0.4, -0.2) is 38.3 Å². The Morgan fingerprint density at radius 1 is 1.21 bits per heavy atom. The van der Waals surface area contributed by atoms with Crippen LogP contribution in [0.1, 0.15) is 15.9 Å². The highest BCUT2D eigenvalue weighted by Gasteiger charge is 2.12. The zero-order chi connectivity index (χ0) is 20.4. The van der Waals surface area contributed by atoms with Crippen LogP contribution in [0.2, 0.25) is 0 Å². The maximum atomic E-state index is 12.1. The van der Waals surface area contributed by atoms with Crippen LogP contribution >= 0.6 is 15.9 Å². The second-order valence-electron chi connectivity index (χ2n) is 5.47. The largest absolute Gasteiger partial charge is 0.496 e. The summed E-state index contributed by atoms with van der Waals surface area (Å²) in [5, 5.41) is 6.40. The van der Waals surface area contributed by atoms with E-state index in [-0.39, 0.29) is 6.54 Å². The van der Waals surface area contributed by atoms with Crippen LogP contribution < -0.4 is 20.2 Å². The Morgan fingerprint density at radius 2 is 2.00 bits per heavy atom. The van der Waals surface area contributed by atoms with Gasteiger partial charge in [0.1, 0.15) is 18.1 Å². The highest BCUT2D eigenvalue weighted by Crippen LogP contribution is 2.25. The second-order valence-corrected chi connectivity index (χ2v) is 6.32. The van der Waals surface area contributed by atoms with E-state index in [0.29, 0.717) is 23.7 Å². The van der Waals surface area contributed by atoms with Crippen LogP contribution in [0.4, 0.5) is 0 Å². The molecule has 0 aliphatic heterocycles. The van der Waals surface area contributed by atoms with Crippen molar-refractivity contribution in [3.63, 3.8) is 0 Å². The first-order valence-electron chi connectivity index (χ1n) is 8.31. The molecular weight excluding hydrogens is 426 g/mol. The molecule has 146 valence electrons. The Balaban J connectivity index is 1.84. The molecule has 0 fully saturated rings. The zero-order valence-electron chi connectivity index (χ0n) is 15.3. The van der Waals surface area contributed by atoms with Gasteiger partial charge in [0.2, 0.25) is 0 Å². The van der Waals surface area contributed by atoms with Crippen molar-refractivity contribution in [2.75, 3.05) is 20.3 Å². The van der Waals surface area contributed by atoms with Crippen molar-refractivity contribution >= 4 is 34.0 Å². The van der Waals surface area contributed by atoms with Crippen LogP contribution in [0.15, 0.2) is 64.7 Å². The second kappa shape index (κ2) is 10.9. The number of nitrogens with zero attached hydrogens (tertiary/aromatic N) is 1. The van der Waals surface area contributed by atoms with E-state index in [0.717, 1.165) is 10.0 Å². The molecule has 0 aromatic heterocycles. The number of halogens is 1. The first-order valence-corrected chi connectivity index (χ1v) is 9.10. The molecule has 7 nitrogen and oxygen atoms in total. The summed E-state index contributed by atoms with van der Waals surface area (Å²) in [7, 11) is 1.48. The molecule has 28 heavy (non-hydrogen) atoms. The third kappa shape index (κ3) is 6.24. The van der Waals surface area contributed by atoms with E-state index in [4.69, 9.17) is 9.47 Å². The summed E-state index contributed by atoms with van der Waals surface area (Å²) in [6.45, 7) is 3.79. The van der Waals surface area contributed by atoms with Gasteiger partial charge >= 0.3 is 0 Å². The highest BCUT2D eigenvalue weighted by molar-refractivity contribution is 9.10. The normalized spacial score (nSPS) is 10.4. The summed E-state index contributed by atoms with van der Waals surface area (Å²) in [6, 6.07) is 12.1. The van der Waals surface area contributed by atoms with Crippen LogP contribution in [0.3, 0.4) is 0 Å². The van der Waals surface area contributed by atoms with Gasteiger partial charge in [0.25, 0.3) is 11.8 Å². The maximum Gasteiger partial charge on any atom is 0.259 e. The Hall–Kier alpha value is -3.13. The molecule has 0 aliphatic carbocycles. The van der Waals surface area contributed by atoms with Gasteiger partial charge in [-0.2, -0.15) is 5.10 Å². The van der Waals surface area contributed by atoms with Crippen molar-refractivity contribution in [3.05, 3.63) is 70.7 Å². The van der Waals surface area contributed by atoms with Gasteiger partial charge in [0.15, 0.2) is 0 Å². The minimum absolute atomic E-state index is 0.216. The van der Waals surface area contributed by atoms with E-state index >= 15 is 0 Å². The Kier molecular flexibility index (Phi) is 8.23. The van der Waals surface area contributed by atoms with Crippen molar-refractivity contribution in [3.8, 4) is 11.5 Å². The lowest BCUT2D eigenvalue weighted by Gasteiger charge is -2.08. The first kappa shape index (κ1) is 21.2. The Bertz CT molecular complexity index is 884. The number of para-hydroxylation sites is 1. The number of hydrazone groups is 1. The molecule has 0 radical (unpaired) electrons. The number of ether oxygens (including phenoxy) is 2. The van der Waals surface area contributed by atoms with Crippen LogP contribution in [0.5, 0.6) is 11.5 Å². The topological polar surface area (TPSA) is 89.0 Å². The number of methoxy groups -OCH3 is 1. The lowest BCUT2D eigenvalue weighted by Crippen LogP contribution is -2.35. The van der Waals surface area contributed by atoms with E-state index in [1.54, 1.807) is 48.5 Å². The summed E-state index contributed by atoms with van der Waals surface area (Å²) in [5.74, 6) is 0.254. The monoisotopic (exact) mass is 445 g/mol. The molecule has 0 saturated carbocycles. The average molecular weight is 446 g/mol. The molecule has 2 rings (SSSR count). The van der Waals surface area contributed by atoms with Gasteiger partial charge in [-0.15, -0.1) is 0 Å². The molecule has 0 heterocycles. The van der Waals surface area contributed by atoms with Gasteiger partial charge in [-0.1, -0.05) is 24.8 Å². The van der Waals surface area contributed by atoms with Gasteiger partial charge in [0.05, 0.1) is 29.9 Å². The summed E-state index contributed by atoms with van der Waals surface area (Å²) in [4.78, 5) is 24.0. The molecule has 2 aromatic rings. The Morgan fingerprint density at radius 3 is 2.71 bits per heavy atom. The number of rotatable bonds is 9. The third-order valence-electron chi connectivity index (χ3n) is 3.48. The molecular formula is C20H20BrN3O4. The lowest BCUT2D eigenvalue weighted by molar-refractivity contribution is -0.120. The number of nitrogens with one attached hydrogen (secondary N) is 2. The number of carbonyl (C=O) groups excluding carboxylic acids is 2. The van der Waals surface area contributed by atoms with Crippen molar-refractivity contribution in [1.82, 2.24) is 10.7 Å². The predicted octanol–water partition coefficient (Wildman–Crippen LogP) is 2.90. The van der Waals surface area contributed by atoms with Gasteiger partial charge < -0.3 is 14.8 Å². The van der Waals surface area contributed by atoms with Crippen molar-refractivity contribution in [1.29, 1.82) is 0 Å². The van der Waals surface area contributed by atoms with E-state index in [9.17, 15) is 9.59 Å². The molecule has 8 heteroatoms. The van der Waals surface area contributed by atoms with Gasteiger partial charge in [-0.3, -0.25) is 9.59 Å². The fourth-order valence-corrected chi connectivity index (χ4v) is 2.68. The lowest BCUT2D eigenvalue weighted by atomic mass is 10.2. The molecule has 2 N–H and O–H groups in total. The number of hydrogen-bond donors (Lipinski definition) is 2. The smallest absolute Gasteiger partial charge is 0.259 e. The van der Waals surface area contributed by atoms with Crippen LogP contribution in [0.25, 0.3) is 0 Å². The molecule has 2 amide bonds. The molecule has 0 atom stereocenters. The van der Waals surface area contributed by atoms with Crippen molar-refractivity contribution in [2.24, 2.45) is 5.10 Å². The molecule has 0 bridgehead atoms. The van der Waals surface area contributed by atoms with E-state index < -0.39 is 11.8 Å². The Labute approximate surface area is 171 Å². The number of amides is 2. The zero-order valence-corrected chi connectivity index (χ0v) is 16.9. The first-order chi connectivity index (χ1) is 13.5. The summed E-state index contributed by atoms with van der Waals surface area (Å²) < 4.78 is 11.3. The molecule has 0 saturated heterocycles. The number of carbonyl (C=O) groups is 2. The molecule has 0 unspecified atom stereocenters. The fourth-order valence-electron chi connectivity index (χ4n) is 2.17. The SMILES string of the molecule is C=CCOc1ccc(C=NNC(=O)CNC(=O)c2ccccc2OC)cc1Br. The van der Waals surface area contributed by atoms with Crippen molar-refractivity contribution in [2.45, 2.75) is 0 Å². The molecule has 0 aliphatic rings. The fraction of sp³-hybridized carbons (Fsp3) is 0.150. The minimum Gasteiger partial charge on any atom is -0.496 e. The average Bonchev–Trinajstić information content (AvgIpc) is 2.71. The van der Waals surface area contributed by atoms with Crippen LogP contribution in [0, 0.1) is 0 Å². The van der Waals surface area contributed by atoms with Gasteiger partial charge in [-0.05, 0) is 51.8 Å².